The van der Waals surface area contributed by atoms with Crippen LogP contribution in [0, 0.1) is 5.82 Å². The third-order valence-corrected chi connectivity index (χ3v) is 2.95. The molecule has 0 saturated heterocycles. The summed E-state index contributed by atoms with van der Waals surface area (Å²) in [4.78, 5) is 4.20. The lowest BCUT2D eigenvalue weighted by Gasteiger charge is -2.04. The number of halogens is 2. The number of hydrogen-bond donors (Lipinski definition) is 1. The van der Waals surface area contributed by atoms with E-state index in [0.717, 1.165) is 16.6 Å². The second kappa shape index (κ2) is 5.42. The molecule has 0 aliphatic carbocycles. The molecular weight excluding hydrogens is 285 g/mol. The zero-order valence-electron chi connectivity index (χ0n) is 9.24. The van der Waals surface area contributed by atoms with Crippen LogP contribution < -0.4 is 5.73 Å². The largest absolute Gasteiger partial charge is 0.333 e. The zero-order valence-corrected chi connectivity index (χ0v) is 10.8. The van der Waals surface area contributed by atoms with Gasteiger partial charge >= 0.3 is 0 Å². The zero-order chi connectivity index (χ0) is 12.3. The lowest BCUT2D eigenvalue weighted by atomic mass is 10.2. The molecule has 0 aliphatic heterocycles. The summed E-state index contributed by atoms with van der Waals surface area (Å²) in [5.74, 6) is -0.214. The SMILES string of the molecule is NCCc1cn(Cc2ccc(Br)cc2F)cn1. The van der Waals surface area contributed by atoms with Crippen molar-refractivity contribution in [1.82, 2.24) is 9.55 Å². The van der Waals surface area contributed by atoms with Crippen molar-refractivity contribution in [1.29, 1.82) is 0 Å². The molecule has 0 fully saturated rings. The van der Waals surface area contributed by atoms with Crippen LogP contribution in [0.2, 0.25) is 0 Å². The molecule has 2 rings (SSSR count). The summed E-state index contributed by atoms with van der Waals surface area (Å²) in [5, 5.41) is 0. The predicted molar refractivity (Wildman–Crippen MR) is 68.2 cm³/mol. The first-order valence-corrected chi connectivity index (χ1v) is 6.13. The minimum absolute atomic E-state index is 0.214. The van der Waals surface area contributed by atoms with Gasteiger partial charge in [0, 0.05) is 22.7 Å². The monoisotopic (exact) mass is 297 g/mol. The van der Waals surface area contributed by atoms with E-state index in [0.29, 0.717) is 18.7 Å². The number of nitrogens with two attached hydrogens (primary N) is 1. The molecule has 0 saturated carbocycles. The van der Waals surface area contributed by atoms with Gasteiger partial charge in [0.25, 0.3) is 0 Å². The minimum Gasteiger partial charge on any atom is -0.333 e. The summed E-state index contributed by atoms with van der Waals surface area (Å²) in [6, 6.07) is 5.06. The summed E-state index contributed by atoms with van der Waals surface area (Å²) in [5.41, 5.74) is 7.03. The smallest absolute Gasteiger partial charge is 0.129 e. The fourth-order valence-electron chi connectivity index (χ4n) is 1.62. The Hall–Kier alpha value is -1.20. The Balaban J connectivity index is 2.13. The molecule has 5 heteroatoms. The maximum Gasteiger partial charge on any atom is 0.129 e. The Morgan fingerprint density at radius 3 is 2.94 bits per heavy atom. The van der Waals surface area contributed by atoms with Crippen molar-refractivity contribution in [2.24, 2.45) is 5.73 Å². The van der Waals surface area contributed by atoms with Crippen LogP contribution in [0.1, 0.15) is 11.3 Å². The van der Waals surface area contributed by atoms with E-state index >= 15 is 0 Å². The normalized spacial score (nSPS) is 10.8. The second-order valence-electron chi connectivity index (χ2n) is 3.81. The van der Waals surface area contributed by atoms with E-state index in [4.69, 9.17) is 5.73 Å². The van der Waals surface area contributed by atoms with Crippen LogP contribution in [-0.4, -0.2) is 16.1 Å². The van der Waals surface area contributed by atoms with E-state index in [2.05, 4.69) is 20.9 Å². The van der Waals surface area contributed by atoms with E-state index in [-0.39, 0.29) is 5.82 Å². The molecule has 1 heterocycles. The Morgan fingerprint density at radius 2 is 2.24 bits per heavy atom. The number of imidazole rings is 1. The Bertz CT molecular complexity index is 510. The van der Waals surface area contributed by atoms with Gasteiger partial charge in [-0.3, -0.25) is 0 Å². The third-order valence-electron chi connectivity index (χ3n) is 2.46. The Labute approximate surface area is 108 Å². The fourth-order valence-corrected chi connectivity index (χ4v) is 1.95. The maximum atomic E-state index is 13.6. The average molecular weight is 298 g/mol. The molecule has 0 atom stereocenters. The van der Waals surface area contributed by atoms with Crippen LogP contribution in [0.25, 0.3) is 0 Å². The van der Waals surface area contributed by atoms with E-state index in [1.807, 2.05) is 16.8 Å². The Morgan fingerprint density at radius 1 is 1.41 bits per heavy atom. The molecule has 0 bridgehead atoms. The topological polar surface area (TPSA) is 43.8 Å². The van der Waals surface area contributed by atoms with E-state index in [1.165, 1.54) is 6.07 Å². The Kier molecular flexibility index (Phi) is 3.91. The predicted octanol–water partition coefficient (Wildman–Crippen LogP) is 2.33. The second-order valence-corrected chi connectivity index (χ2v) is 4.73. The average Bonchev–Trinajstić information content (AvgIpc) is 2.71. The maximum absolute atomic E-state index is 13.6. The first-order chi connectivity index (χ1) is 8.19. The van der Waals surface area contributed by atoms with Gasteiger partial charge in [0.2, 0.25) is 0 Å². The van der Waals surface area contributed by atoms with Gasteiger partial charge in [-0.2, -0.15) is 0 Å². The molecule has 1 aromatic carbocycles. The lowest BCUT2D eigenvalue weighted by molar-refractivity contribution is 0.598. The number of aromatic nitrogens is 2. The fraction of sp³-hybridized carbons (Fsp3) is 0.250. The van der Waals surface area contributed by atoms with Crippen molar-refractivity contribution in [3.63, 3.8) is 0 Å². The van der Waals surface area contributed by atoms with Crippen LogP contribution in [0.15, 0.2) is 35.2 Å². The van der Waals surface area contributed by atoms with Crippen LogP contribution >= 0.6 is 15.9 Å². The summed E-state index contributed by atoms with van der Waals surface area (Å²) in [7, 11) is 0. The van der Waals surface area contributed by atoms with E-state index in [9.17, 15) is 4.39 Å². The molecule has 1 aromatic heterocycles. The third kappa shape index (κ3) is 3.14. The minimum atomic E-state index is -0.214. The summed E-state index contributed by atoms with van der Waals surface area (Å²) in [6.07, 6.45) is 4.34. The van der Waals surface area contributed by atoms with Crippen molar-refractivity contribution in [2.75, 3.05) is 6.54 Å². The standard InChI is InChI=1S/C12H13BrFN3/c13-10-2-1-9(12(14)5-10)6-17-7-11(3-4-15)16-8-17/h1-2,5,7-8H,3-4,6,15H2. The highest BCUT2D eigenvalue weighted by Gasteiger charge is 2.04. The van der Waals surface area contributed by atoms with Gasteiger partial charge in [0.05, 0.1) is 18.6 Å². The summed E-state index contributed by atoms with van der Waals surface area (Å²) in [6.45, 7) is 1.06. The highest BCUT2D eigenvalue weighted by atomic mass is 79.9. The molecule has 0 amide bonds. The van der Waals surface area contributed by atoms with Crippen LogP contribution in [0.4, 0.5) is 4.39 Å². The highest BCUT2D eigenvalue weighted by molar-refractivity contribution is 9.10. The molecule has 3 nitrogen and oxygen atoms in total. The molecule has 0 aliphatic rings. The van der Waals surface area contributed by atoms with Crippen molar-refractivity contribution in [3.05, 3.63) is 52.3 Å². The molecule has 2 aromatic rings. The lowest BCUT2D eigenvalue weighted by Crippen LogP contribution is -2.03. The van der Waals surface area contributed by atoms with Gasteiger partial charge in [-0.15, -0.1) is 0 Å². The van der Waals surface area contributed by atoms with Crippen LogP contribution in [0.5, 0.6) is 0 Å². The number of benzene rings is 1. The van der Waals surface area contributed by atoms with Crippen molar-refractivity contribution in [3.8, 4) is 0 Å². The quantitative estimate of drug-likeness (QED) is 0.941. The molecule has 0 spiro atoms. The summed E-state index contributed by atoms with van der Waals surface area (Å²) >= 11 is 3.23. The van der Waals surface area contributed by atoms with E-state index < -0.39 is 0 Å². The first-order valence-electron chi connectivity index (χ1n) is 5.33. The number of nitrogens with zero attached hydrogens (tertiary/aromatic N) is 2. The highest BCUT2D eigenvalue weighted by Crippen LogP contribution is 2.16. The molecule has 2 N–H and O–H groups in total. The van der Waals surface area contributed by atoms with Crippen molar-refractivity contribution < 1.29 is 4.39 Å². The van der Waals surface area contributed by atoms with Crippen LogP contribution in [0.3, 0.4) is 0 Å². The van der Waals surface area contributed by atoms with Crippen LogP contribution in [-0.2, 0) is 13.0 Å². The van der Waals surface area contributed by atoms with Gasteiger partial charge in [-0.05, 0) is 18.7 Å². The summed E-state index contributed by atoms with van der Waals surface area (Å²) < 4.78 is 16.2. The first kappa shape index (κ1) is 12.3. The number of hydrogen-bond acceptors (Lipinski definition) is 2. The molecule has 0 radical (unpaired) electrons. The molecular formula is C12H13BrFN3. The van der Waals surface area contributed by atoms with Gasteiger partial charge in [0.15, 0.2) is 0 Å². The van der Waals surface area contributed by atoms with Crippen molar-refractivity contribution >= 4 is 15.9 Å². The van der Waals surface area contributed by atoms with Gasteiger partial charge in [-0.25, -0.2) is 9.37 Å². The molecule has 17 heavy (non-hydrogen) atoms. The molecule has 0 unspecified atom stereocenters. The van der Waals surface area contributed by atoms with Crippen molar-refractivity contribution in [2.45, 2.75) is 13.0 Å². The van der Waals surface area contributed by atoms with Gasteiger partial charge in [-0.1, -0.05) is 22.0 Å². The molecule has 90 valence electrons. The van der Waals surface area contributed by atoms with Gasteiger partial charge < -0.3 is 10.3 Å². The number of rotatable bonds is 4. The van der Waals surface area contributed by atoms with Gasteiger partial charge in [0.1, 0.15) is 5.82 Å². The van der Waals surface area contributed by atoms with E-state index in [1.54, 1.807) is 12.4 Å².